The molecule has 1 heterocycles. The van der Waals surface area contributed by atoms with Crippen LogP contribution in [-0.2, 0) is 16.0 Å². The largest absolute Gasteiger partial charge is 0.396 e. The molecule has 2 atom stereocenters. The van der Waals surface area contributed by atoms with Crippen molar-refractivity contribution in [2.24, 2.45) is 5.18 Å². The van der Waals surface area contributed by atoms with Crippen molar-refractivity contribution in [3.05, 3.63) is 104 Å². The Bertz CT molecular complexity index is 1560. The molecule has 1 aromatic heterocycles. The maximum absolute atomic E-state index is 13.8. The number of aliphatic hydroxyl groups is 1. The van der Waals surface area contributed by atoms with E-state index in [1.54, 1.807) is 30.3 Å². The number of aromatic amines is 1. The van der Waals surface area contributed by atoms with Crippen LogP contribution in [0.3, 0.4) is 0 Å². The molecule has 0 saturated carbocycles. The fraction of sp³-hybridized carbons (Fsp3) is 0.241. The van der Waals surface area contributed by atoms with E-state index in [4.69, 9.17) is 0 Å². The molecule has 0 aliphatic rings. The minimum Gasteiger partial charge on any atom is -0.396 e. The monoisotopic (exact) mass is 527 g/mol. The fourth-order valence-corrected chi connectivity index (χ4v) is 4.75. The first-order valence-corrected chi connectivity index (χ1v) is 12.5. The Hall–Kier alpha value is -4.70. The minimum atomic E-state index is -0.902. The first kappa shape index (κ1) is 27.3. The van der Waals surface area contributed by atoms with Crippen LogP contribution in [0.1, 0.15) is 46.3 Å². The highest BCUT2D eigenvalue weighted by molar-refractivity contribution is 5.88. The van der Waals surface area contributed by atoms with E-state index in [1.165, 1.54) is 18.5 Å². The van der Waals surface area contributed by atoms with Crippen LogP contribution in [0.15, 0.2) is 70.9 Å². The number of aldehydes is 1. The second-order valence-corrected chi connectivity index (χ2v) is 9.30. The summed E-state index contributed by atoms with van der Waals surface area (Å²) in [4.78, 5) is 55.4. The summed E-state index contributed by atoms with van der Waals surface area (Å²) in [5.41, 5.74) is 5.00. The standard InChI is InChI=1S/C29H29N5O5/c1-17-12-20(13-18(2)23(17)8-10-35)27(32-21-6-7-26-24(15-21)28(37)31-16-30-26)29(38)33-25(9-11-36)19-4-3-5-22(14-19)34-39/h3-7,11-16,25,27,32,35H,8-10H2,1-2H3,(H,33,38)(H,30,31,37)/t25-,27?/m1/s1. The maximum Gasteiger partial charge on any atom is 0.258 e. The number of rotatable bonds is 11. The van der Waals surface area contributed by atoms with Crippen molar-refractivity contribution in [1.29, 1.82) is 0 Å². The summed E-state index contributed by atoms with van der Waals surface area (Å²) in [6.07, 6.45) is 2.52. The number of nitroso groups, excluding NO2 is 1. The van der Waals surface area contributed by atoms with Crippen molar-refractivity contribution in [2.45, 2.75) is 38.8 Å². The molecular formula is C29H29N5O5. The second kappa shape index (κ2) is 12.2. The molecule has 1 unspecified atom stereocenters. The lowest BCUT2D eigenvalue weighted by molar-refractivity contribution is -0.122. The zero-order valence-corrected chi connectivity index (χ0v) is 21.6. The molecule has 0 fully saturated rings. The highest BCUT2D eigenvalue weighted by Crippen LogP contribution is 2.28. The van der Waals surface area contributed by atoms with Gasteiger partial charge in [-0.3, -0.25) is 9.59 Å². The molecule has 4 N–H and O–H groups in total. The number of nitrogens with one attached hydrogen (secondary N) is 3. The third-order valence-corrected chi connectivity index (χ3v) is 6.65. The first-order chi connectivity index (χ1) is 18.8. The SMILES string of the molecule is Cc1cc(C(Nc2ccc3nc[nH]c(=O)c3c2)C(=O)N[C@H](CC=O)c2cccc(N=O)c2)cc(C)c1CCO. The van der Waals surface area contributed by atoms with Crippen LogP contribution in [0.5, 0.6) is 0 Å². The molecule has 0 aliphatic heterocycles. The molecule has 39 heavy (non-hydrogen) atoms. The predicted octanol–water partition coefficient (Wildman–Crippen LogP) is 4.07. The van der Waals surface area contributed by atoms with E-state index in [2.05, 4.69) is 25.8 Å². The quantitative estimate of drug-likeness (QED) is 0.169. The van der Waals surface area contributed by atoms with Crippen molar-refractivity contribution >= 4 is 34.5 Å². The second-order valence-electron chi connectivity index (χ2n) is 9.30. The van der Waals surface area contributed by atoms with Gasteiger partial charge in [-0.05, 0) is 83.6 Å². The van der Waals surface area contributed by atoms with Gasteiger partial charge in [0.15, 0.2) is 0 Å². The normalized spacial score (nSPS) is 12.5. The zero-order valence-electron chi connectivity index (χ0n) is 21.6. The third-order valence-electron chi connectivity index (χ3n) is 6.65. The number of H-pyrrole nitrogens is 1. The Labute approximate surface area is 224 Å². The van der Waals surface area contributed by atoms with Gasteiger partial charge in [0.05, 0.1) is 23.3 Å². The molecule has 0 aliphatic carbocycles. The molecule has 0 spiro atoms. The van der Waals surface area contributed by atoms with Crippen LogP contribution in [0.25, 0.3) is 10.9 Å². The zero-order chi connectivity index (χ0) is 27.9. The average molecular weight is 528 g/mol. The van der Waals surface area contributed by atoms with Gasteiger partial charge in [-0.1, -0.05) is 24.3 Å². The highest BCUT2D eigenvalue weighted by atomic mass is 16.3. The maximum atomic E-state index is 13.8. The Morgan fingerprint density at radius 1 is 1.10 bits per heavy atom. The van der Waals surface area contributed by atoms with Crippen LogP contribution >= 0.6 is 0 Å². The van der Waals surface area contributed by atoms with E-state index in [-0.39, 0.29) is 24.3 Å². The molecule has 200 valence electrons. The molecule has 4 aromatic rings. The molecule has 1 amide bonds. The number of aromatic nitrogens is 2. The number of fused-ring (bicyclic) bond motifs is 1. The molecule has 0 saturated heterocycles. The molecule has 10 nitrogen and oxygen atoms in total. The van der Waals surface area contributed by atoms with Crippen LogP contribution < -0.4 is 16.2 Å². The number of amides is 1. The third kappa shape index (κ3) is 6.24. The summed E-state index contributed by atoms with van der Waals surface area (Å²) in [7, 11) is 0. The highest BCUT2D eigenvalue weighted by Gasteiger charge is 2.26. The van der Waals surface area contributed by atoms with E-state index in [1.807, 2.05) is 26.0 Å². The van der Waals surface area contributed by atoms with Gasteiger partial charge in [0, 0.05) is 18.7 Å². The first-order valence-electron chi connectivity index (χ1n) is 12.5. The van der Waals surface area contributed by atoms with E-state index < -0.39 is 18.0 Å². The number of aliphatic hydroxyl groups excluding tert-OH is 1. The predicted molar refractivity (Wildman–Crippen MR) is 149 cm³/mol. The summed E-state index contributed by atoms with van der Waals surface area (Å²) in [6, 6.07) is 13.6. The molecule has 0 radical (unpaired) electrons. The van der Waals surface area contributed by atoms with Crippen LogP contribution in [0, 0.1) is 18.8 Å². The summed E-state index contributed by atoms with van der Waals surface area (Å²) in [5, 5.41) is 19.0. The Morgan fingerprint density at radius 3 is 2.56 bits per heavy atom. The summed E-state index contributed by atoms with van der Waals surface area (Å²) < 4.78 is 0. The summed E-state index contributed by atoms with van der Waals surface area (Å²) >= 11 is 0. The Balaban J connectivity index is 1.74. The number of carbonyl (C=O) groups is 2. The van der Waals surface area contributed by atoms with Crippen LogP contribution in [0.2, 0.25) is 0 Å². The molecule has 4 rings (SSSR count). The lowest BCUT2D eigenvalue weighted by Crippen LogP contribution is -2.36. The van der Waals surface area contributed by atoms with Gasteiger partial charge < -0.3 is 25.5 Å². The summed E-state index contributed by atoms with van der Waals surface area (Å²) in [5.74, 6) is -0.416. The smallest absolute Gasteiger partial charge is 0.258 e. The molecule has 3 aromatic carbocycles. The number of nitrogens with zero attached hydrogens (tertiary/aromatic N) is 2. The van der Waals surface area contributed by atoms with E-state index >= 15 is 0 Å². The van der Waals surface area contributed by atoms with Gasteiger partial charge >= 0.3 is 0 Å². The fourth-order valence-electron chi connectivity index (χ4n) is 4.75. The van der Waals surface area contributed by atoms with E-state index in [0.29, 0.717) is 40.4 Å². The Kier molecular flexibility index (Phi) is 8.57. The number of aryl methyl sites for hydroxylation is 2. The van der Waals surface area contributed by atoms with E-state index in [9.17, 15) is 24.4 Å². The molecule has 10 heteroatoms. The lowest BCUT2D eigenvalue weighted by atomic mass is 9.93. The minimum absolute atomic E-state index is 0.00491. The van der Waals surface area contributed by atoms with Gasteiger partial charge in [0.25, 0.3) is 5.56 Å². The van der Waals surface area contributed by atoms with Crippen molar-refractivity contribution < 1.29 is 14.7 Å². The number of carbonyl (C=O) groups excluding carboxylic acids is 2. The van der Waals surface area contributed by atoms with E-state index in [0.717, 1.165) is 16.7 Å². The number of hydrogen-bond donors (Lipinski definition) is 4. The number of hydrogen-bond acceptors (Lipinski definition) is 8. The molecular weight excluding hydrogens is 498 g/mol. The van der Waals surface area contributed by atoms with Gasteiger partial charge in [-0.15, -0.1) is 4.91 Å². The molecule has 0 bridgehead atoms. The van der Waals surface area contributed by atoms with Crippen molar-refractivity contribution in [3.8, 4) is 0 Å². The average Bonchev–Trinajstić information content (AvgIpc) is 2.93. The topological polar surface area (TPSA) is 154 Å². The van der Waals surface area contributed by atoms with Crippen LogP contribution in [-0.4, -0.2) is 33.9 Å². The van der Waals surface area contributed by atoms with Gasteiger partial charge in [0.1, 0.15) is 18.0 Å². The summed E-state index contributed by atoms with van der Waals surface area (Å²) in [6.45, 7) is 3.85. The van der Waals surface area contributed by atoms with Crippen molar-refractivity contribution in [3.63, 3.8) is 0 Å². The van der Waals surface area contributed by atoms with Gasteiger partial charge in [-0.2, -0.15) is 0 Å². The van der Waals surface area contributed by atoms with Crippen LogP contribution in [0.4, 0.5) is 11.4 Å². The number of benzene rings is 3. The van der Waals surface area contributed by atoms with Gasteiger partial charge in [-0.25, -0.2) is 4.98 Å². The Morgan fingerprint density at radius 2 is 1.87 bits per heavy atom. The van der Waals surface area contributed by atoms with Crippen molar-refractivity contribution in [1.82, 2.24) is 15.3 Å². The van der Waals surface area contributed by atoms with Gasteiger partial charge in [0.2, 0.25) is 5.91 Å². The lowest BCUT2D eigenvalue weighted by Gasteiger charge is -2.25. The number of anilines is 1. The van der Waals surface area contributed by atoms with Crippen molar-refractivity contribution in [2.75, 3.05) is 11.9 Å².